The fraction of sp³-hybridized carbons (Fsp3) is 1.00. The van der Waals surface area contributed by atoms with E-state index in [1.807, 2.05) is 0 Å². The summed E-state index contributed by atoms with van der Waals surface area (Å²) < 4.78 is 0. The number of likely N-dealkylation sites (N-methyl/N-ethyl adjacent to an activating group) is 1. The van der Waals surface area contributed by atoms with Crippen LogP contribution in [0, 0.1) is 11.3 Å². The molecule has 2 saturated heterocycles. The van der Waals surface area contributed by atoms with Crippen molar-refractivity contribution < 1.29 is 0 Å². The first-order chi connectivity index (χ1) is 9.23. The Labute approximate surface area is 118 Å². The van der Waals surface area contributed by atoms with E-state index in [1.54, 1.807) is 0 Å². The number of hydrogen-bond donors (Lipinski definition) is 0. The van der Waals surface area contributed by atoms with Crippen LogP contribution >= 0.6 is 0 Å². The molecule has 3 rings (SSSR count). The first-order valence-corrected chi connectivity index (χ1v) is 8.40. The second-order valence-electron chi connectivity index (χ2n) is 7.13. The van der Waals surface area contributed by atoms with Crippen molar-refractivity contribution in [2.45, 2.75) is 33.1 Å². The molecule has 0 aromatic heterocycles. The Balaban J connectivity index is 1.38. The van der Waals surface area contributed by atoms with Crippen molar-refractivity contribution in [2.75, 3.05) is 58.9 Å². The number of likely N-dealkylation sites (tertiary alicyclic amines) is 1. The molecule has 1 saturated carbocycles. The predicted molar refractivity (Wildman–Crippen MR) is 80.4 cm³/mol. The van der Waals surface area contributed by atoms with E-state index in [0.29, 0.717) is 0 Å². The molecule has 3 aliphatic rings. The summed E-state index contributed by atoms with van der Waals surface area (Å²) >= 11 is 0. The summed E-state index contributed by atoms with van der Waals surface area (Å²) in [4.78, 5) is 7.95. The van der Waals surface area contributed by atoms with Crippen LogP contribution in [0.3, 0.4) is 0 Å². The number of rotatable bonds is 4. The molecule has 3 heteroatoms. The highest BCUT2D eigenvalue weighted by Gasteiger charge is 2.48. The van der Waals surface area contributed by atoms with Crippen molar-refractivity contribution in [3.05, 3.63) is 0 Å². The quantitative estimate of drug-likeness (QED) is 0.767. The molecule has 3 nitrogen and oxygen atoms in total. The van der Waals surface area contributed by atoms with Gasteiger partial charge in [0.15, 0.2) is 0 Å². The summed E-state index contributed by atoms with van der Waals surface area (Å²) in [6.07, 6.45) is 4.50. The van der Waals surface area contributed by atoms with Gasteiger partial charge in [0.25, 0.3) is 0 Å². The molecule has 2 heterocycles. The Morgan fingerprint density at radius 3 is 2.05 bits per heavy atom. The van der Waals surface area contributed by atoms with Crippen molar-refractivity contribution in [3.63, 3.8) is 0 Å². The second kappa shape index (κ2) is 5.71. The SMILES string of the molecule is CCN1CCN(CC2CC3(CCN(CC)C3)C2)CC1. The molecular formula is C16H31N3. The van der Waals surface area contributed by atoms with E-state index >= 15 is 0 Å². The lowest BCUT2D eigenvalue weighted by molar-refractivity contribution is 0.0236. The molecule has 19 heavy (non-hydrogen) atoms. The van der Waals surface area contributed by atoms with E-state index < -0.39 is 0 Å². The molecule has 1 spiro atoms. The zero-order chi connectivity index (χ0) is 13.3. The normalized spacial score (nSPS) is 37.9. The summed E-state index contributed by atoms with van der Waals surface area (Å²) in [5.41, 5.74) is 0.742. The minimum atomic E-state index is 0.742. The van der Waals surface area contributed by atoms with Gasteiger partial charge in [-0.05, 0) is 50.2 Å². The van der Waals surface area contributed by atoms with E-state index in [1.165, 1.54) is 78.2 Å². The van der Waals surface area contributed by atoms with Gasteiger partial charge >= 0.3 is 0 Å². The summed E-state index contributed by atoms with van der Waals surface area (Å²) in [6.45, 7) is 16.4. The fourth-order valence-corrected chi connectivity index (χ4v) is 4.58. The van der Waals surface area contributed by atoms with Gasteiger partial charge in [-0.15, -0.1) is 0 Å². The summed E-state index contributed by atoms with van der Waals surface area (Å²) in [7, 11) is 0. The minimum absolute atomic E-state index is 0.742. The lowest BCUT2D eigenvalue weighted by Gasteiger charge is -2.48. The molecule has 2 aliphatic heterocycles. The van der Waals surface area contributed by atoms with Crippen molar-refractivity contribution in [1.82, 2.24) is 14.7 Å². The van der Waals surface area contributed by atoms with Crippen LogP contribution in [0.4, 0.5) is 0 Å². The van der Waals surface area contributed by atoms with Crippen LogP contribution in [0.25, 0.3) is 0 Å². The third-order valence-electron chi connectivity index (χ3n) is 5.84. The lowest BCUT2D eigenvalue weighted by Crippen LogP contribution is -2.50. The highest BCUT2D eigenvalue weighted by Crippen LogP contribution is 2.51. The van der Waals surface area contributed by atoms with Crippen LogP contribution in [-0.4, -0.2) is 73.6 Å². The molecule has 0 aromatic carbocycles. The van der Waals surface area contributed by atoms with Crippen LogP contribution in [0.2, 0.25) is 0 Å². The van der Waals surface area contributed by atoms with Crippen LogP contribution in [0.15, 0.2) is 0 Å². The third kappa shape index (κ3) is 2.98. The minimum Gasteiger partial charge on any atom is -0.303 e. The van der Waals surface area contributed by atoms with Crippen LogP contribution in [0.1, 0.15) is 33.1 Å². The van der Waals surface area contributed by atoms with E-state index in [2.05, 4.69) is 28.5 Å². The van der Waals surface area contributed by atoms with Gasteiger partial charge in [-0.25, -0.2) is 0 Å². The molecule has 0 unspecified atom stereocenters. The molecule has 0 aromatic rings. The highest BCUT2D eigenvalue weighted by atomic mass is 15.3. The Kier molecular flexibility index (Phi) is 4.16. The molecule has 0 radical (unpaired) electrons. The maximum Gasteiger partial charge on any atom is 0.0110 e. The predicted octanol–water partition coefficient (Wildman–Crippen LogP) is 1.75. The van der Waals surface area contributed by atoms with Gasteiger partial charge in [-0.3, -0.25) is 0 Å². The van der Waals surface area contributed by atoms with Gasteiger partial charge in [0.05, 0.1) is 0 Å². The van der Waals surface area contributed by atoms with Crippen molar-refractivity contribution in [3.8, 4) is 0 Å². The van der Waals surface area contributed by atoms with Gasteiger partial charge in [0.1, 0.15) is 0 Å². The fourth-order valence-electron chi connectivity index (χ4n) is 4.58. The van der Waals surface area contributed by atoms with Crippen molar-refractivity contribution in [2.24, 2.45) is 11.3 Å². The lowest BCUT2D eigenvalue weighted by atomic mass is 9.61. The van der Waals surface area contributed by atoms with Gasteiger partial charge in [0.2, 0.25) is 0 Å². The van der Waals surface area contributed by atoms with Gasteiger partial charge in [-0.1, -0.05) is 13.8 Å². The molecule has 110 valence electrons. The van der Waals surface area contributed by atoms with Gasteiger partial charge < -0.3 is 14.7 Å². The van der Waals surface area contributed by atoms with Gasteiger partial charge in [0, 0.05) is 39.3 Å². The standard InChI is InChI=1S/C16H31N3/c1-3-17-7-9-19(10-8-17)13-15-11-16(12-15)5-6-18(4-2)14-16/h15H,3-14H2,1-2H3. The second-order valence-corrected chi connectivity index (χ2v) is 7.13. The Morgan fingerprint density at radius 1 is 0.842 bits per heavy atom. The Bertz CT molecular complexity index is 290. The Hall–Kier alpha value is -0.120. The molecule has 1 aliphatic carbocycles. The maximum absolute atomic E-state index is 2.72. The summed E-state index contributed by atoms with van der Waals surface area (Å²) in [6, 6.07) is 0. The maximum atomic E-state index is 2.72. The average molecular weight is 265 g/mol. The number of hydrogen-bond acceptors (Lipinski definition) is 3. The van der Waals surface area contributed by atoms with Crippen molar-refractivity contribution >= 4 is 0 Å². The number of nitrogens with zero attached hydrogens (tertiary/aromatic N) is 3. The monoisotopic (exact) mass is 265 g/mol. The highest BCUT2D eigenvalue weighted by molar-refractivity contribution is 5.00. The van der Waals surface area contributed by atoms with E-state index in [4.69, 9.17) is 0 Å². The molecule has 3 fully saturated rings. The number of piperazine rings is 1. The molecular weight excluding hydrogens is 234 g/mol. The van der Waals surface area contributed by atoms with Crippen LogP contribution < -0.4 is 0 Å². The van der Waals surface area contributed by atoms with E-state index in [-0.39, 0.29) is 0 Å². The summed E-state index contributed by atoms with van der Waals surface area (Å²) in [5, 5.41) is 0. The zero-order valence-corrected chi connectivity index (χ0v) is 12.9. The van der Waals surface area contributed by atoms with E-state index in [0.717, 1.165) is 11.3 Å². The Morgan fingerprint density at radius 2 is 1.47 bits per heavy atom. The third-order valence-corrected chi connectivity index (χ3v) is 5.84. The molecule has 0 atom stereocenters. The molecule has 0 amide bonds. The van der Waals surface area contributed by atoms with Crippen LogP contribution in [-0.2, 0) is 0 Å². The van der Waals surface area contributed by atoms with E-state index in [9.17, 15) is 0 Å². The topological polar surface area (TPSA) is 9.72 Å². The molecule has 0 bridgehead atoms. The van der Waals surface area contributed by atoms with Crippen LogP contribution in [0.5, 0.6) is 0 Å². The smallest absolute Gasteiger partial charge is 0.0110 e. The zero-order valence-electron chi connectivity index (χ0n) is 12.9. The average Bonchev–Trinajstić information content (AvgIpc) is 2.84. The van der Waals surface area contributed by atoms with Gasteiger partial charge in [-0.2, -0.15) is 0 Å². The first-order valence-electron chi connectivity index (χ1n) is 8.40. The largest absolute Gasteiger partial charge is 0.303 e. The summed E-state index contributed by atoms with van der Waals surface area (Å²) in [5.74, 6) is 1.00. The van der Waals surface area contributed by atoms with Crippen molar-refractivity contribution in [1.29, 1.82) is 0 Å². The molecule has 0 N–H and O–H groups in total. The first kappa shape index (κ1) is 13.8.